The highest BCUT2D eigenvalue weighted by molar-refractivity contribution is 6.06. The van der Waals surface area contributed by atoms with Gasteiger partial charge in [-0.2, -0.15) is 5.10 Å². The summed E-state index contributed by atoms with van der Waals surface area (Å²) >= 11 is 0. The van der Waals surface area contributed by atoms with Gasteiger partial charge in [-0.15, -0.1) is 0 Å². The summed E-state index contributed by atoms with van der Waals surface area (Å²) in [6.45, 7) is 0. The monoisotopic (exact) mass is 245 g/mol. The Morgan fingerprint density at radius 3 is 2.50 bits per heavy atom. The maximum Gasteiger partial charge on any atom is 0.275 e. The molecule has 1 amide bonds. The van der Waals surface area contributed by atoms with Gasteiger partial charge in [0.25, 0.3) is 5.91 Å². The van der Waals surface area contributed by atoms with Crippen LogP contribution in [-0.4, -0.2) is 30.2 Å². The number of hydrogen-bond donors (Lipinski definition) is 3. The van der Waals surface area contributed by atoms with E-state index in [4.69, 9.17) is 5.73 Å². The molecule has 18 heavy (non-hydrogen) atoms. The Morgan fingerprint density at radius 1 is 1.33 bits per heavy atom. The molecule has 0 saturated heterocycles. The lowest BCUT2D eigenvalue weighted by Crippen LogP contribution is -2.14. The molecular weight excluding hydrogens is 230 g/mol. The average Bonchev–Trinajstić information content (AvgIpc) is 2.76. The normalized spacial score (nSPS) is 10.1. The number of amides is 1. The molecule has 0 bridgehead atoms. The SMILES string of the molecule is CN(C)c1ccc(NC(=O)c2[nH]ncc2N)cc1. The van der Waals surface area contributed by atoms with Crippen LogP contribution in [0.25, 0.3) is 0 Å². The Hall–Kier alpha value is -2.50. The number of aromatic nitrogens is 2. The van der Waals surface area contributed by atoms with Crippen LogP contribution in [0.4, 0.5) is 17.1 Å². The molecule has 0 radical (unpaired) electrons. The van der Waals surface area contributed by atoms with E-state index >= 15 is 0 Å². The number of nitrogen functional groups attached to an aromatic ring is 1. The summed E-state index contributed by atoms with van der Waals surface area (Å²) in [5.74, 6) is -0.303. The van der Waals surface area contributed by atoms with Gasteiger partial charge in [0.2, 0.25) is 0 Å². The second-order valence-corrected chi connectivity index (χ2v) is 4.10. The first-order chi connectivity index (χ1) is 8.58. The van der Waals surface area contributed by atoms with Crippen molar-refractivity contribution in [2.75, 3.05) is 30.0 Å². The van der Waals surface area contributed by atoms with Gasteiger partial charge >= 0.3 is 0 Å². The van der Waals surface area contributed by atoms with E-state index in [1.807, 2.05) is 43.3 Å². The Morgan fingerprint density at radius 2 is 2.00 bits per heavy atom. The molecule has 6 heteroatoms. The molecule has 0 aliphatic heterocycles. The van der Waals surface area contributed by atoms with Crippen molar-refractivity contribution in [2.45, 2.75) is 0 Å². The smallest absolute Gasteiger partial charge is 0.275 e. The van der Waals surface area contributed by atoms with Crippen molar-refractivity contribution in [1.82, 2.24) is 10.2 Å². The number of rotatable bonds is 3. The lowest BCUT2D eigenvalue weighted by molar-refractivity contribution is 0.102. The van der Waals surface area contributed by atoms with Crippen molar-refractivity contribution in [1.29, 1.82) is 0 Å². The first-order valence-corrected chi connectivity index (χ1v) is 5.45. The fourth-order valence-corrected chi connectivity index (χ4v) is 1.51. The summed E-state index contributed by atoms with van der Waals surface area (Å²) in [5.41, 5.74) is 7.97. The summed E-state index contributed by atoms with van der Waals surface area (Å²) in [5, 5.41) is 9.01. The molecule has 94 valence electrons. The maximum absolute atomic E-state index is 11.8. The predicted molar refractivity (Wildman–Crippen MR) is 71.7 cm³/mol. The van der Waals surface area contributed by atoms with Gasteiger partial charge in [-0.25, -0.2) is 0 Å². The highest BCUT2D eigenvalue weighted by atomic mass is 16.1. The quantitative estimate of drug-likeness (QED) is 0.761. The van der Waals surface area contributed by atoms with Crippen molar-refractivity contribution in [2.24, 2.45) is 0 Å². The Bertz CT molecular complexity index is 544. The lowest BCUT2D eigenvalue weighted by atomic mass is 10.2. The lowest BCUT2D eigenvalue weighted by Gasteiger charge is -2.12. The molecule has 0 aliphatic rings. The molecule has 2 aromatic rings. The maximum atomic E-state index is 11.8. The molecule has 6 nitrogen and oxygen atoms in total. The third-order valence-corrected chi connectivity index (χ3v) is 2.54. The van der Waals surface area contributed by atoms with E-state index in [9.17, 15) is 4.79 Å². The third-order valence-electron chi connectivity index (χ3n) is 2.54. The van der Waals surface area contributed by atoms with Crippen LogP contribution in [0.2, 0.25) is 0 Å². The van der Waals surface area contributed by atoms with Crippen molar-refractivity contribution >= 4 is 23.0 Å². The van der Waals surface area contributed by atoms with Crippen LogP contribution < -0.4 is 16.0 Å². The summed E-state index contributed by atoms with van der Waals surface area (Å²) in [4.78, 5) is 13.8. The molecule has 2 rings (SSSR count). The third kappa shape index (κ3) is 2.42. The summed E-state index contributed by atoms with van der Waals surface area (Å²) in [6.07, 6.45) is 1.41. The molecule has 0 atom stereocenters. The molecule has 4 N–H and O–H groups in total. The van der Waals surface area contributed by atoms with E-state index in [0.717, 1.165) is 5.69 Å². The Labute approximate surface area is 105 Å². The molecule has 0 aliphatic carbocycles. The van der Waals surface area contributed by atoms with E-state index in [0.29, 0.717) is 11.4 Å². The van der Waals surface area contributed by atoms with Crippen molar-refractivity contribution in [3.05, 3.63) is 36.2 Å². The van der Waals surface area contributed by atoms with Crippen molar-refractivity contribution < 1.29 is 4.79 Å². The molecular formula is C12H15N5O. The summed E-state index contributed by atoms with van der Waals surface area (Å²) < 4.78 is 0. The minimum Gasteiger partial charge on any atom is -0.396 e. The highest BCUT2D eigenvalue weighted by Crippen LogP contribution is 2.17. The average molecular weight is 245 g/mol. The zero-order valence-electron chi connectivity index (χ0n) is 10.3. The second kappa shape index (κ2) is 4.79. The van der Waals surface area contributed by atoms with Gasteiger partial charge in [-0.05, 0) is 24.3 Å². The van der Waals surface area contributed by atoms with Gasteiger partial charge in [-0.3, -0.25) is 9.89 Å². The van der Waals surface area contributed by atoms with Crippen LogP contribution in [0.1, 0.15) is 10.5 Å². The topological polar surface area (TPSA) is 87.0 Å². The van der Waals surface area contributed by atoms with Crippen LogP contribution in [0.3, 0.4) is 0 Å². The van der Waals surface area contributed by atoms with Crippen molar-refractivity contribution in [3.8, 4) is 0 Å². The minimum atomic E-state index is -0.303. The number of benzene rings is 1. The fourth-order valence-electron chi connectivity index (χ4n) is 1.51. The first kappa shape index (κ1) is 12.0. The molecule has 0 saturated carbocycles. The van der Waals surface area contributed by atoms with Gasteiger partial charge < -0.3 is 16.0 Å². The molecule has 0 fully saturated rings. The van der Waals surface area contributed by atoms with Crippen molar-refractivity contribution in [3.63, 3.8) is 0 Å². The highest BCUT2D eigenvalue weighted by Gasteiger charge is 2.11. The molecule has 1 heterocycles. The summed E-state index contributed by atoms with van der Waals surface area (Å²) in [7, 11) is 3.91. The van der Waals surface area contributed by atoms with Crippen LogP contribution in [0, 0.1) is 0 Å². The van der Waals surface area contributed by atoms with E-state index in [-0.39, 0.29) is 11.6 Å². The predicted octanol–water partition coefficient (Wildman–Crippen LogP) is 1.31. The molecule has 0 spiro atoms. The van der Waals surface area contributed by atoms with Gasteiger partial charge in [0.1, 0.15) is 5.69 Å². The number of carbonyl (C=O) groups is 1. The van der Waals surface area contributed by atoms with E-state index < -0.39 is 0 Å². The fraction of sp³-hybridized carbons (Fsp3) is 0.167. The largest absolute Gasteiger partial charge is 0.396 e. The number of nitrogens with one attached hydrogen (secondary N) is 2. The molecule has 1 aromatic carbocycles. The van der Waals surface area contributed by atoms with Gasteiger partial charge in [0.15, 0.2) is 0 Å². The van der Waals surface area contributed by atoms with Gasteiger partial charge in [0.05, 0.1) is 11.9 Å². The standard InChI is InChI=1S/C12H15N5O/c1-17(2)9-5-3-8(4-6-9)15-12(18)11-10(13)7-14-16-11/h3-7H,13H2,1-2H3,(H,14,16)(H,15,18). The number of carbonyl (C=O) groups excluding carboxylic acids is 1. The Balaban J connectivity index is 2.10. The van der Waals surface area contributed by atoms with Gasteiger partial charge in [0, 0.05) is 25.5 Å². The van der Waals surface area contributed by atoms with Crippen LogP contribution in [-0.2, 0) is 0 Å². The number of anilines is 3. The second-order valence-electron chi connectivity index (χ2n) is 4.10. The van der Waals surface area contributed by atoms with Crippen LogP contribution in [0.5, 0.6) is 0 Å². The number of nitrogens with two attached hydrogens (primary N) is 1. The molecule has 0 unspecified atom stereocenters. The zero-order chi connectivity index (χ0) is 13.1. The minimum absolute atomic E-state index is 0.270. The van der Waals surface area contributed by atoms with E-state index in [2.05, 4.69) is 15.5 Å². The number of nitrogens with zero attached hydrogens (tertiary/aromatic N) is 2. The zero-order valence-corrected chi connectivity index (χ0v) is 10.3. The van der Waals surface area contributed by atoms with E-state index in [1.54, 1.807) is 0 Å². The Kier molecular flexibility index (Phi) is 3.18. The number of H-pyrrole nitrogens is 1. The van der Waals surface area contributed by atoms with E-state index in [1.165, 1.54) is 6.20 Å². The number of hydrogen-bond acceptors (Lipinski definition) is 4. The van der Waals surface area contributed by atoms with Crippen LogP contribution >= 0.6 is 0 Å². The van der Waals surface area contributed by atoms with Crippen LogP contribution in [0.15, 0.2) is 30.5 Å². The van der Waals surface area contributed by atoms with Gasteiger partial charge in [-0.1, -0.05) is 0 Å². The number of aromatic amines is 1. The molecule has 1 aromatic heterocycles. The summed E-state index contributed by atoms with van der Waals surface area (Å²) in [6, 6.07) is 7.51. The first-order valence-electron chi connectivity index (χ1n) is 5.45.